The molecule has 0 bridgehead atoms. The van der Waals surface area contributed by atoms with E-state index in [0.717, 1.165) is 12.8 Å². The molecular weight excluding hydrogens is 192 g/mol. The fourth-order valence-corrected chi connectivity index (χ4v) is 2.15. The first-order valence-electron chi connectivity index (χ1n) is 5.43. The number of hydrogen-bond donors (Lipinski definition) is 1. The summed E-state index contributed by atoms with van der Waals surface area (Å²) in [5, 5.41) is 2.70. The SMILES string of the molecule is CC(C)/C=C1\NC(=O)[C@@H]2CCCN2C1=O. The van der Waals surface area contributed by atoms with E-state index < -0.39 is 0 Å². The minimum absolute atomic E-state index is 0.0224. The Kier molecular flexibility index (Phi) is 2.50. The molecule has 2 aliphatic heterocycles. The summed E-state index contributed by atoms with van der Waals surface area (Å²) < 4.78 is 0. The van der Waals surface area contributed by atoms with Crippen LogP contribution in [0, 0.1) is 5.92 Å². The lowest BCUT2D eigenvalue weighted by atomic mass is 10.1. The van der Waals surface area contributed by atoms with E-state index >= 15 is 0 Å². The van der Waals surface area contributed by atoms with E-state index in [4.69, 9.17) is 0 Å². The number of hydrogen-bond acceptors (Lipinski definition) is 2. The van der Waals surface area contributed by atoms with E-state index in [1.807, 2.05) is 19.9 Å². The van der Waals surface area contributed by atoms with Crippen molar-refractivity contribution in [2.24, 2.45) is 5.92 Å². The zero-order chi connectivity index (χ0) is 11.0. The lowest BCUT2D eigenvalue weighted by Gasteiger charge is -2.30. The highest BCUT2D eigenvalue weighted by Crippen LogP contribution is 2.23. The van der Waals surface area contributed by atoms with Gasteiger partial charge in [0.1, 0.15) is 11.7 Å². The highest BCUT2D eigenvalue weighted by atomic mass is 16.2. The van der Waals surface area contributed by atoms with Gasteiger partial charge in [0.15, 0.2) is 0 Å². The Morgan fingerprint density at radius 2 is 2.20 bits per heavy atom. The molecule has 0 aliphatic carbocycles. The summed E-state index contributed by atoms with van der Waals surface area (Å²) >= 11 is 0. The molecule has 0 aromatic heterocycles. The molecule has 2 saturated heterocycles. The summed E-state index contributed by atoms with van der Waals surface area (Å²) in [6.45, 7) is 4.69. The number of carbonyl (C=O) groups is 2. The molecule has 1 atom stereocenters. The van der Waals surface area contributed by atoms with E-state index in [-0.39, 0.29) is 23.8 Å². The molecule has 0 unspecified atom stereocenters. The van der Waals surface area contributed by atoms with Crippen molar-refractivity contribution in [3.05, 3.63) is 11.8 Å². The maximum Gasteiger partial charge on any atom is 0.270 e. The van der Waals surface area contributed by atoms with Gasteiger partial charge < -0.3 is 10.2 Å². The first kappa shape index (κ1) is 10.2. The lowest BCUT2D eigenvalue weighted by molar-refractivity contribution is -0.140. The highest BCUT2D eigenvalue weighted by molar-refractivity contribution is 6.04. The summed E-state index contributed by atoms with van der Waals surface area (Å²) in [6.07, 6.45) is 3.54. The maximum absolute atomic E-state index is 11.9. The third-order valence-corrected chi connectivity index (χ3v) is 2.80. The number of amides is 2. The van der Waals surface area contributed by atoms with Gasteiger partial charge in [-0.25, -0.2) is 0 Å². The van der Waals surface area contributed by atoms with E-state index in [0.29, 0.717) is 12.2 Å². The second kappa shape index (κ2) is 3.68. The van der Waals surface area contributed by atoms with Gasteiger partial charge in [0.25, 0.3) is 5.91 Å². The number of nitrogens with zero attached hydrogens (tertiary/aromatic N) is 1. The van der Waals surface area contributed by atoms with Crippen molar-refractivity contribution >= 4 is 11.8 Å². The predicted octanol–water partition coefficient (Wildman–Crippen LogP) is 0.647. The van der Waals surface area contributed by atoms with Crippen molar-refractivity contribution in [2.75, 3.05) is 6.54 Å². The number of fused-ring (bicyclic) bond motifs is 1. The fraction of sp³-hybridized carbons (Fsp3) is 0.636. The zero-order valence-electron chi connectivity index (χ0n) is 9.12. The van der Waals surface area contributed by atoms with Crippen LogP contribution in [0.3, 0.4) is 0 Å². The van der Waals surface area contributed by atoms with Gasteiger partial charge in [0, 0.05) is 6.54 Å². The Morgan fingerprint density at radius 3 is 2.87 bits per heavy atom. The topological polar surface area (TPSA) is 49.4 Å². The van der Waals surface area contributed by atoms with Gasteiger partial charge in [-0.3, -0.25) is 9.59 Å². The Hall–Kier alpha value is -1.32. The Morgan fingerprint density at radius 1 is 1.47 bits per heavy atom. The van der Waals surface area contributed by atoms with Crippen LogP contribution in [0.5, 0.6) is 0 Å². The van der Waals surface area contributed by atoms with Gasteiger partial charge in [-0.15, -0.1) is 0 Å². The third-order valence-electron chi connectivity index (χ3n) is 2.80. The normalized spacial score (nSPS) is 28.6. The van der Waals surface area contributed by atoms with E-state index in [1.165, 1.54) is 0 Å². The number of piperazine rings is 1. The molecular formula is C11H16N2O2. The lowest BCUT2D eigenvalue weighted by Crippen LogP contribution is -2.54. The van der Waals surface area contributed by atoms with Crippen LogP contribution < -0.4 is 5.32 Å². The molecule has 2 rings (SSSR count). The summed E-state index contributed by atoms with van der Waals surface area (Å²) in [5.74, 6) is 0.216. The molecule has 4 nitrogen and oxygen atoms in total. The van der Waals surface area contributed by atoms with Crippen LogP contribution in [0.1, 0.15) is 26.7 Å². The largest absolute Gasteiger partial charge is 0.325 e. The van der Waals surface area contributed by atoms with Gasteiger partial charge >= 0.3 is 0 Å². The second-order valence-electron chi connectivity index (χ2n) is 4.47. The van der Waals surface area contributed by atoms with Crippen LogP contribution in [-0.4, -0.2) is 29.3 Å². The Labute approximate surface area is 89.3 Å². The highest BCUT2D eigenvalue weighted by Gasteiger charge is 2.40. The summed E-state index contributed by atoms with van der Waals surface area (Å²) in [6, 6.07) is -0.221. The smallest absolute Gasteiger partial charge is 0.270 e. The van der Waals surface area contributed by atoms with Crippen molar-refractivity contribution in [3.63, 3.8) is 0 Å². The average molecular weight is 208 g/mol. The number of rotatable bonds is 1. The number of carbonyl (C=O) groups excluding carboxylic acids is 2. The summed E-state index contributed by atoms with van der Waals surface area (Å²) in [7, 11) is 0. The molecule has 1 N–H and O–H groups in total. The molecule has 15 heavy (non-hydrogen) atoms. The van der Waals surface area contributed by atoms with E-state index in [9.17, 15) is 9.59 Å². The molecule has 82 valence electrons. The first-order valence-corrected chi connectivity index (χ1v) is 5.43. The molecule has 2 heterocycles. The maximum atomic E-state index is 11.9. The molecule has 4 heteroatoms. The first-order chi connectivity index (χ1) is 7.09. The van der Waals surface area contributed by atoms with Crippen molar-refractivity contribution in [1.29, 1.82) is 0 Å². The number of nitrogens with one attached hydrogen (secondary N) is 1. The molecule has 0 saturated carbocycles. The van der Waals surface area contributed by atoms with Crippen LogP contribution >= 0.6 is 0 Å². The quantitative estimate of drug-likeness (QED) is 0.643. The standard InChI is InChI=1S/C11H16N2O2/c1-7(2)6-8-11(15)13-5-3-4-9(13)10(14)12-8/h6-7,9H,3-5H2,1-2H3,(H,12,14)/b8-6-/t9-/m0/s1. The van der Waals surface area contributed by atoms with Crippen molar-refractivity contribution in [2.45, 2.75) is 32.7 Å². The minimum Gasteiger partial charge on any atom is -0.325 e. The molecule has 0 radical (unpaired) electrons. The molecule has 0 aromatic rings. The zero-order valence-corrected chi connectivity index (χ0v) is 9.12. The summed E-state index contributed by atoms with van der Waals surface area (Å²) in [5.41, 5.74) is 0.452. The van der Waals surface area contributed by atoms with Gasteiger partial charge in [-0.05, 0) is 18.8 Å². The van der Waals surface area contributed by atoms with Gasteiger partial charge in [0.2, 0.25) is 5.91 Å². The molecule has 2 fully saturated rings. The molecule has 2 aliphatic rings. The van der Waals surface area contributed by atoms with Crippen LogP contribution in [-0.2, 0) is 9.59 Å². The van der Waals surface area contributed by atoms with E-state index in [1.54, 1.807) is 4.90 Å². The average Bonchev–Trinajstić information content (AvgIpc) is 2.61. The fourth-order valence-electron chi connectivity index (χ4n) is 2.15. The van der Waals surface area contributed by atoms with Crippen molar-refractivity contribution < 1.29 is 9.59 Å². The molecule has 2 amide bonds. The molecule has 0 aromatic carbocycles. The predicted molar refractivity (Wildman–Crippen MR) is 55.8 cm³/mol. The Bertz CT molecular complexity index is 333. The number of allylic oxidation sites excluding steroid dienone is 1. The minimum atomic E-state index is -0.221. The van der Waals surface area contributed by atoms with Gasteiger partial charge in [-0.1, -0.05) is 19.9 Å². The van der Waals surface area contributed by atoms with Crippen molar-refractivity contribution in [1.82, 2.24) is 10.2 Å². The van der Waals surface area contributed by atoms with Crippen LogP contribution in [0.2, 0.25) is 0 Å². The van der Waals surface area contributed by atoms with Gasteiger partial charge in [-0.2, -0.15) is 0 Å². The van der Waals surface area contributed by atoms with Gasteiger partial charge in [0.05, 0.1) is 0 Å². The van der Waals surface area contributed by atoms with Crippen LogP contribution in [0.4, 0.5) is 0 Å². The van der Waals surface area contributed by atoms with Crippen LogP contribution in [0.15, 0.2) is 11.8 Å². The summed E-state index contributed by atoms with van der Waals surface area (Å²) in [4.78, 5) is 25.3. The monoisotopic (exact) mass is 208 g/mol. The Balaban J connectivity index is 2.24. The molecule has 0 spiro atoms. The van der Waals surface area contributed by atoms with E-state index in [2.05, 4.69) is 5.32 Å². The van der Waals surface area contributed by atoms with Crippen LogP contribution in [0.25, 0.3) is 0 Å². The van der Waals surface area contributed by atoms with Crippen molar-refractivity contribution in [3.8, 4) is 0 Å². The third kappa shape index (κ3) is 1.76. The second-order valence-corrected chi connectivity index (χ2v) is 4.47.